The Labute approximate surface area is 163 Å². The van der Waals surface area contributed by atoms with Crippen LogP contribution in [0, 0.1) is 23.0 Å². The monoisotopic (exact) mass is 384 g/mol. The number of hydrogen-bond acceptors (Lipinski definition) is 4. The second-order valence-electron chi connectivity index (χ2n) is 6.86. The Morgan fingerprint density at radius 3 is 2.32 bits per heavy atom. The van der Waals surface area contributed by atoms with Crippen molar-refractivity contribution < 1.29 is 13.6 Å². The first-order valence-corrected chi connectivity index (χ1v) is 9.23. The van der Waals surface area contributed by atoms with Crippen molar-refractivity contribution in [2.75, 3.05) is 38.0 Å². The minimum atomic E-state index is -0.780. The molecule has 5 nitrogen and oxygen atoms in total. The Bertz CT molecular complexity index is 843. The van der Waals surface area contributed by atoms with Crippen molar-refractivity contribution in [3.63, 3.8) is 0 Å². The summed E-state index contributed by atoms with van der Waals surface area (Å²) in [6.45, 7) is 4.02. The summed E-state index contributed by atoms with van der Waals surface area (Å²) >= 11 is 0. The molecular weight excluding hydrogens is 362 g/mol. The number of benzene rings is 2. The lowest BCUT2D eigenvalue weighted by molar-refractivity contribution is -0.117. The summed E-state index contributed by atoms with van der Waals surface area (Å²) in [6, 6.07) is 13.1. The van der Waals surface area contributed by atoms with E-state index in [9.17, 15) is 13.6 Å². The van der Waals surface area contributed by atoms with Gasteiger partial charge in [0.15, 0.2) is 0 Å². The number of nitrogens with zero attached hydrogens (tertiary/aromatic N) is 3. The van der Waals surface area contributed by atoms with Crippen LogP contribution < -0.4 is 5.32 Å². The number of nitriles is 1. The average Bonchev–Trinajstić information content (AvgIpc) is 2.90. The second kappa shape index (κ2) is 9.40. The van der Waals surface area contributed by atoms with Crippen LogP contribution >= 0.6 is 0 Å². The Morgan fingerprint density at radius 2 is 1.64 bits per heavy atom. The molecule has 0 radical (unpaired) electrons. The number of rotatable bonds is 5. The van der Waals surface area contributed by atoms with Gasteiger partial charge in [-0.05, 0) is 49.3 Å². The van der Waals surface area contributed by atoms with Gasteiger partial charge in [-0.3, -0.25) is 14.6 Å². The molecule has 0 spiro atoms. The SMILES string of the molecule is N#Cc1ccc(CN2CCCN(CC(=O)Nc3c(F)cccc3F)CC2)cc1. The number of halogens is 2. The molecule has 1 fully saturated rings. The first kappa shape index (κ1) is 19.9. The quantitative estimate of drug-likeness (QED) is 0.861. The molecule has 7 heteroatoms. The van der Waals surface area contributed by atoms with Crippen molar-refractivity contribution in [3.8, 4) is 6.07 Å². The summed E-state index contributed by atoms with van der Waals surface area (Å²) in [5.41, 5.74) is 1.38. The van der Waals surface area contributed by atoms with E-state index in [1.165, 1.54) is 6.07 Å². The number of carbonyl (C=O) groups is 1. The van der Waals surface area contributed by atoms with Crippen LogP contribution in [0.2, 0.25) is 0 Å². The number of para-hydroxylation sites is 1. The van der Waals surface area contributed by atoms with E-state index in [-0.39, 0.29) is 6.54 Å². The van der Waals surface area contributed by atoms with Gasteiger partial charge in [0.25, 0.3) is 0 Å². The van der Waals surface area contributed by atoms with Crippen LogP contribution in [-0.2, 0) is 11.3 Å². The van der Waals surface area contributed by atoms with E-state index >= 15 is 0 Å². The summed E-state index contributed by atoms with van der Waals surface area (Å²) in [6.07, 6.45) is 0.900. The van der Waals surface area contributed by atoms with Gasteiger partial charge in [0.2, 0.25) is 5.91 Å². The van der Waals surface area contributed by atoms with E-state index in [1.54, 1.807) is 0 Å². The molecule has 0 bridgehead atoms. The van der Waals surface area contributed by atoms with Gasteiger partial charge in [-0.25, -0.2) is 8.78 Å². The van der Waals surface area contributed by atoms with Gasteiger partial charge >= 0.3 is 0 Å². The number of nitrogens with one attached hydrogen (secondary N) is 1. The molecule has 1 amide bonds. The molecule has 0 atom stereocenters. The zero-order valence-corrected chi connectivity index (χ0v) is 15.5. The van der Waals surface area contributed by atoms with Crippen LogP contribution in [0.4, 0.5) is 14.5 Å². The third kappa shape index (κ3) is 5.35. The van der Waals surface area contributed by atoms with Gasteiger partial charge in [-0.1, -0.05) is 18.2 Å². The summed E-state index contributed by atoms with van der Waals surface area (Å²) < 4.78 is 27.3. The average molecular weight is 384 g/mol. The van der Waals surface area contributed by atoms with Gasteiger partial charge in [-0.2, -0.15) is 5.26 Å². The van der Waals surface area contributed by atoms with Gasteiger partial charge in [0.1, 0.15) is 17.3 Å². The first-order valence-electron chi connectivity index (χ1n) is 9.23. The fraction of sp³-hybridized carbons (Fsp3) is 0.333. The van der Waals surface area contributed by atoms with E-state index in [0.29, 0.717) is 12.1 Å². The topological polar surface area (TPSA) is 59.4 Å². The molecule has 0 aliphatic carbocycles. The molecule has 1 heterocycles. The van der Waals surface area contributed by atoms with Gasteiger partial charge in [0.05, 0.1) is 18.2 Å². The molecule has 1 aliphatic rings. The van der Waals surface area contributed by atoms with Gasteiger partial charge in [0, 0.05) is 19.6 Å². The third-order valence-electron chi connectivity index (χ3n) is 4.76. The predicted molar refractivity (Wildman–Crippen MR) is 102 cm³/mol. The Balaban J connectivity index is 1.50. The lowest BCUT2D eigenvalue weighted by atomic mass is 10.1. The van der Waals surface area contributed by atoms with Crippen molar-refractivity contribution in [3.05, 3.63) is 65.2 Å². The highest BCUT2D eigenvalue weighted by molar-refractivity contribution is 5.92. The largest absolute Gasteiger partial charge is 0.320 e. The second-order valence-corrected chi connectivity index (χ2v) is 6.86. The van der Waals surface area contributed by atoms with Crippen LogP contribution in [0.1, 0.15) is 17.5 Å². The number of carbonyl (C=O) groups excluding carboxylic acids is 1. The molecule has 0 saturated carbocycles. The third-order valence-corrected chi connectivity index (χ3v) is 4.76. The maximum Gasteiger partial charge on any atom is 0.238 e. The summed E-state index contributed by atoms with van der Waals surface area (Å²) in [5, 5.41) is 11.2. The van der Waals surface area contributed by atoms with E-state index in [4.69, 9.17) is 5.26 Å². The van der Waals surface area contributed by atoms with Crippen molar-refractivity contribution in [1.82, 2.24) is 9.80 Å². The van der Waals surface area contributed by atoms with E-state index in [1.807, 2.05) is 29.2 Å². The van der Waals surface area contributed by atoms with Crippen molar-refractivity contribution in [2.24, 2.45) is 0 Å². The van der Waals surface area contributed by atoms with Gasteiger partial charge in [-0.15, -0.1) is 0 Å². The summed E-state index contributed by atoms with van der Waals surface area (Å²) in [7, 11) is 0. The van der Waals surface area contributed by atoms with E-state index < -0.39 is 23.2 Å². The predicted octanol–water partition coefficient (Wildman–Crippen LogP) is 2.98. The number of hydrogen-bond donors (Lipinski definition) is 1. The fourth-order valence-electron chi connectivity index (χ4n) is 3.28. The lowest BCUT2D eigenvalue weighted by Crippen LogP contribution is -2.36. The van der Waals surface area contributed by atoms with E-state index in [0.717, 1.165) is 50.3 Å². The maximum absolute atomic E-state index is 13.7. The maximum atomic E-state index is 13.7. The Hall–Kier alpha value is -2.82. The fourth-order valence-corrected chi connectivity index (χ4v) is 3.28. The standard InChI is InChI=1S/C21H22F2N4O/c22-18-3-1-4-19(23)21(18)25-20(28)15-27-10-2-9-26(11-12-27)14-17-7-5-16(13-24)6-8-17/h1,3-8H,2,9-12,14-15H2,(H,25,28). The smallest absolute Gasteiger partial charge is 0.238 e. The molecule has 0 unspecified atom stereocenters. The van der Waals surface area contributed by atoms with Crippen LogP contribution in [0.5, 0.6) is 0 Å². The molecule has 1 aliphatic heterocycles. The van der Waals surface area contributed by atoms with Crippen molar-refractivity contribution >= 4 is 11.6 Å². The molecule has 146 valence electrons. The number of anilines is 1. The zero-order valence-electron chi connectivity index (χ0n) is 15.5. The van der Waals surface area contributed by atoms with Crippen molar-refractivity contribution in [2.45, 2.75) is 13.0 Å². The normalized spacial score (nSPS) is 15.6. The van der Waals surface area contributed by atoms with Crippen LogP contribution in [0.25, 0.3) is 0 Å². The number of amides is 1. The highest BCUT2D eigenvalue weighted by Crippen LogP contribution is 2.18. The zero-order chi connectivity index (χ0) is 19.9. The molecule has 1 saturated heterocycles. The van der Waals surface area contributed by atoms with Crippen LogP contribution in [0.15, 0.2) is 42.5 Å². The Kier molecular flexibility index (Phi) is 6.69. The molecule has 2 aromatic rings. The first-order chi connectivity index (χ1) is 13.5. The molecule has 3 rings (SSSR count). The van der Waals surface area contributed by atoms with Crippen molar-refractivity contribution in [1.29, 1.82) is 5.26 Å². The molecule has 28 heavy (non-hydrogen) atoms. The molecule has 2 aromatic carbocycles. The molecular formula is C21H22F2N4O. The summed E-state index contributed by atoms with van der Waals surface area (Å²) in [5.74, 6) is -1.99. The minimum Gasteiger partial charge on any atom is -0.320 e. The minimum absolute atomic E-state index is 0.0957. The molecule has 1 N–H and O–H groups in total. The molecule has 0 aromatic heterocycles. The Morgan fingerprint density at radius 1 is 1.00 bits per heavy atom. The highest BCUT2D eigenvalue weighted by atomic mass is 19.1. The van der Waals surface area contributed by atoms with E-state index in [2.05, 4.69) is 16.3 Å². The van der Waals surface area contributed by atoms with Crippen LogP contribution in [0.3, 0.4) is 0 Å². The van der Waals surface area contributed by atoms with Crippen LogP contribution in [-0.4, -0.2) is 48.4 Å². The lowest BCUT2D eigenvalue weighted by Gasteiger charge is -2.21. The highest BCUT2D eigenvalue weighted by Gasteiger charge is 2.19. The van der Waals surface area contributed by atoms with Gasteiger partial charge < -0.3 is 5.32 Å². The summed E-state index contributed by atoms with van der Waals surface area (Å²) in [4.78, 5) is 16.5.